The van der Waals surface area contributed by atoms with Gasteiger partial charge in [-0.2, -0.15) is 4.90 Å². The number of hydrogen-bond acceptors (Lipinski definition) is 5. The highest BCUT2D eigenvalue weighted by Crippen LogP contribution is 2.23. The predicted molar refractivity (Wildman–Crippen MR) is 62.8 cm³/mol. The highest BCUT2D eigenvalue weighted by molar-refractivity contribution is 6.03. The van der Waals surface area contributed by atoms with E-state index in [-0.39, 0.29) is 5.92 Å². The van der Waals surface area contributed by atoms with Gasteiger partial charge in [0.2, 0.25) is 0 Å². The first-order valence-electron chi connectivity index (χ1n) is 5.89. The fourth-order valence-electron chi connectivity index (χ4n) is 1.60. The minimum Gasteiger partial charge on any atom is -0.443 e. The molecule has 18 heavy (non-hydrogen) atoms. The first-order valence-corrected chi connectivity index (χ1v) is 5.89. The molecule has 0 N–H and O–H groups in total. The van der Waals surface area contributed by atoms with Gasteiger partial charge in [-0.25, -0.2) is 14.4 Å². The molecule has 0 bridgehead atoms. The van der Waals surface area contributed by atoms with E-state index < -0.39 is 29.8 Å². The van der Waals surface area contributed by atoms with Crippen molar-refractivity contribution in [3.05, 3.63) is 0 Å². The van der Waals surface area contributed by atoms with Crippen LogP contribution in [0.15, 0.2) is 0 Å². The topological polar surface area (TPSA) is 72.9 Å². The van der Waals surface area contributed by atoms with Crippen molar-refractivity contribution in [2.24, 2.45) is 5.92 Å². The monoisotopic (exact) mass is 257 g/mol. The molecule has 0 aromatic heterocycles. The molecule has 0 spiro atoms. The van der Waals surface area contributed by atoms with Crippen molar-refractivity contribution in [1.82, 2.24) is 4.90 Å². The average Bonchev–Trinajstić information content (AvgIpc) is 2.37. The summed E-state index contributed by atoms with van der Waals surface area (Å²) in [5.74, 6) is -0.544. The van der Waals surface area contributed by atoms with Crippen molar-refractivity contribution in [3.8, 4) is 0 Å². The van der Waals surface area contributed by atoms with E-state index >= 15 is 0 Å². The molecule has 0 aliphatic carbocycles. The first kappa shape index (κ1) is 14.5. The summed E-state index contributed by atoms with van der Waals surface area (Å²) in [4.78, 5) is 35.6. The Hall–Kier alpha value is -1.59. The summed E-state index contributed by atoms with van der Waals surface area (Å²) in [7, 11) is 0. The average molecular weight is 257 g/mol. The Bertz CT molecular complexity index is 369. The Morgan fingerprint density at radius 3 is 2.39 bits per heavy atom. The number of esters is 1. The number of carbonyl (C=O) groups excluding carboxylic acids is 3. The lowest BCUT2D eigenvalue weighted by molar-refractivity contribution is -0.136. The molecule has 2 amide bonds. The molecule has 1 saturated heterocycles. The third-order valence-electron chi connectivity index (χ3n) is 2.25. The minimum atomic E-state index is -0.958. The number of ether oxygens (including phenoxy) is 2. The number of nitrogens with zero attached hydrogens (tertiary/aromatic N) is 1. The van der Waals surface area contributed by atoms with E-state index in [0.29, 0.717) is 6.42 Å². The van der Waals surface area contributed by atoms with Crippen LogP contribution in [0.5, 0.6) is 0 Å². The van der Waals surface area contributed by atoms with Gasteiger partial charge in [-0.15, -0.1) is 0 Å². The SMILES string of the molecule is CC(C)CC1C(=O)OC(=O)N1C(=O)OC(C)(C)C. The van der Waals surface area contributed by atoms with Crippen LogP contribution in [0.25, 0.3) is 0 Å². The van der Waals surface area contributed by atoms with Gasteiger partial charge in [0.15, 0.2) is 0 Å². The molecule has 0 saturated carbocycles. The zero-order valence-electron chi connectivity index (χ0n) is 11.4. The molecule has 102 valence electrons. The largest absolute Gasteiger partial charge is 0.443 e. The molecule has 0 aromatic rings. The lowest BCUT2D eigenvalue weighted by atomic mass is 10.0. The van der Waals surface area contributed by atoms with Gasteiger partial charge in [0.05, 0.1) is 0 Å². The number of imide groups is 1. The number of cyclic esters (lactones) is 2. The molecule has 6 nitrogen and oxygen atoms in total. The summed E-state index contributed by atoms with van der Waals surface area (Å²) in [6.07, 6.45) is -1.44. The van der Waals surface area contributed by atoms with Crippen molar-refractivity contribution in [3.63, 3.8) is 0 Å². The van der Waals surface area contributed by atoms with Gasteiger partial charge in [0.25, 0.3) is 0 Å². The smallest absolute Gasteiger partial charge is 0.427 e. The second-order valence-electron chi connectivity index (χ2n) is 5.68. The lowest BCUT2D eigenvalue weighted by Crippen LogP contribution is -2.43. The van der Waals surface area contributed by atoms with E-state index in [2.05, 4.69) is 4.74 Å². The molecule has 1 aliphatic rings. The molecule has 0 aromatic carbocycles. The van der Waals surface area contributed by atoms with E-state index in [4.69, 9.17) is 4.74 Å². The zero-order valence-corrected chi connectivity index (χ0v) is 11.4. The van der Waals surface area contributed by atoms with Crippen LogP contribution >= 0.6 is 0 Å². The Kier molecular flexibility index (Phi) is 3.98. The number of amides is 2. The van der Waals surface area contributed by atoms with Crippen LogP contribution in [0, 0.1) is 5.92 Å². The lowest BCUT2D eigenvalue weighted by Gasteiger charge is -2.25. The Balaban J connectivity index is 2.86. The van der Waals surface area contributed by atoms with Crippen LogP contribution in [-0.2, 0) is 14.3 Å². The molecule has 1 unspecified atom stereocenters. The maximum Gasteiger partial charge on any atom is 0.427 e. The van der Waals surface area contributed by atoms with Crippen molar-refractivity contribution < 1.29 is 23.9 Å². The highest BCUT2D eigenvalue weighted by atomic mass is 16.6. The van der Waals surface area contributed by atoms with Crippen molar-refractivity contribution in [2.75, 3.05) is 0 Å². The zero-order chi connectivity index (χ0) is 14.1. The summed E-state index contributed by atoms with van der Waals surface area (Å²) < 4.78 is 9.56. The van der Waals surface area contributed by atoms with Gasteiger partial charge in [0.1, 0.15) is 11.6 Å². The van der Waals surface area contributed by atoms with Crippen LogP contribution in [-0.4, -0.2) is 34.7 Å². The first-order chi connectivity index (χ1) is 8.11. The van der Waals surface area contributed by atoms with Gasteiger partial charge in [0, 0.05) is 0 Å². The summed E-state index contributed by atoms with van der Waals surface area (Å²) in [6.45, 7) is 8.84. The third kappa shape index (κ3) is 3.45. The molecule has 1 heterocycles. The van der Waals surface area contributed by atoms with Crippen molar-refractivity contribution in [2.45, 2.75) is 52.7 Å². The van der Waals surface area contributed by atoms with Crippen LogP contribution in [0.3, 0.4) is 0 Å². The fourth-order valence-corrected chi connectivity index (χ4v) is 1.60. The maximum absolute atomic E-state index is 11.9. The van der Waals surface area contributed by atoms with E-state index in [9.17, 15) is 14.4 Å². The highest BCUT2D eigenvalue weighted by Gasteiger charge is 2.46. The van der Waals surface area contributed by atoms with Crippen molar-refractivity contribution in [1.29, 1.82) is 0 Å². The molecular formula is C12H19NO5. The quantitative estimate of drug-likeness (QED) is 0.560. The minimum absolute atomic E-state index is 0.151. The van der Waals surface area contributed by atoms with E-state index in [0.717, 1.165) is 4.90 Å². The predicted octanol–water partition coefficient (Wildman–Crippen LogP) is 2.32. The van der Waals surface area contributed by atoms with E-state index in [1.54, 1.807) is 20.8 Å². The number of carbonyl (C=O) groups is 3. The number of hydrogen-bond donors (Lipinski definition) is 0. The van der Waals surface area contributed by atoms with E-state index in [1.165, 1.54) is 0 Å². The summed E-state index contributed by atoms with van der Waals surface area (Å²) in [5.41, 5.74) is -0.731. The van der Waals surface area contributed by atoms with Gasteiger partial charge in [-0.1, -0.05) is 13.8 Å². The molecule has 1 rings (SSSR count). The van der Waals surface area contributed by atoms with Crippen molar-refractivity contribution >= 4 is 18.2 Å². The Morgan fingerprint density at radius 2 is 1.94 bits per heavy atom. The van der Waals surface area contributed by atoms with Crippen LogP contribution in [0.1, 0.15) is 41.0 Å². The van der Waals surface area contributed by atoms with Gasteiger partial charge < -0.3 is 9.47 Å². The Morgan fingerprint density at radius 1 is 1.39 bits per heavy atom. The normalized spacial score (nSPS) is 20.3. The van der Waals surface area contributed by atoms with Gasteiger partial charge in [-0.05, 0) is 33.1 Å². The van der Waals surface area contributed by atoms with Crippen LogP contribution < -0.4 is 0 Å². The summed E-state index contributed by atoms with van der Waals surface area (Å²) >= 11 is 0. The molecule has 1 aliphatic heterocycles. The van der Waals surface area contributed by atoms with E-state index in [1.807, 2.05) is 13.8 Å². The maximum atomic E-state index is 11.9. The third-order valence-corrected chi connectivity index (χ3v) is 2.25. The molecular weight excluding hydrogens is 238 g/mol. The fraction of sp³-hybridized carbons (Fsp3) is 0.750. The molecule has 6 heteroatoms. The van der Waals surface area contributed by atoms with Crippen LogP contribution in [0.2, 0.25) is 0 Å². The second-order valence-corrected chi connectivity index (χ2v) is 5.68. The summed E-state index contributed by atoms with van der Waals surface area (Å²) in [6, 6.07) is -0.882. The van der Waals surface area contributed by atoms with Crippen LogP contribution in [0.4, 0.5) is 9.59 Å². The van der Waals surface area contributed by atoms with Gasteiger partial charge >= 0.3 is 18.2 Å². The standard InChI is InChI=1S/C12H19NO5/c1-7(2)6-8-9(14)17-10(15)13(8)11(16)18-12(3,4)5/h7-8H,6H2,1-5H3. The Labute approximate surface area is 106 Å². The van der Waals surface area contributed by atoms with Gasteiger partial charge in [-0.3, -0.25) is 0 Å². The number of rotatable bonds is 2. The molecule has 0 radical (unpaired) electrons. The second kappa shape index (κ2) is 4.96. The molecule has 1 fully saturated rings. The molecule has 1 atom stereocenters. The summed E-state index contributed by atoms with van der Waals surface area (Å²) in [5, 5.41) is 0.